The van der Waals surface area contributed by atoms with Crippen molar-refractivity contribution in [2.45, 2.75) is 13.0 Å². The van der Waals surface area contributed by atoms with Gasteiger partial charge in [0.15, 0.2) is 0 Å². The molecule has 2 aromatic rings. The highest BCUT2D eigenvalue weighted by molar-refractivity contribution is 6.33. The van der Waals surface area contributed by atoms with Crippen LogP contribution in [0, 0.1) is 0 Å². The predicted octanol–water partition coefficient (Wildman–Crippen LogP) is 2.74. The Balaban J connectivity index is 1.76. The molecule has 0 atom stereocenters. The van der Waals surface area contributed by atoms with Gasteiger partial charge in [-0.3, -0.25) is 4.79 Å². The van der Waals surface area contributed by atoms with Crippen molar-refractivity contribution < 1.29 is 4.79 Å². The molecule has 0 saturated heterocycles. The molecular weight excluding hydrogens is 276 g/mol. The van der Waals surface area contributed by atoms with Gasteiger partial charge in [-0.15, -0.1) is 0 Å². The van der Waals surface area contributed by atoms with Gasteiger partial charge in [0, 0.05) is 30.2 Å². The fraction of sp³-hybridized carbons (Fsp3) is 0.143. The normalized spacial score (nSPS) is 12.9. The van der Waals surface area contributed by atoms with E-state index >= 15 is 0 Å². The number of anilines is 2. The molecule has 102 valence electrons. The Morgan fingerprint density at radius 1 is 1.55 bits per heavy atom. The van der Waals surface area contributed by atoms with E-state index in [2.05, 4.69) is 22.3 Å². The summed E-state index contributed by atoms with van der Waals surface area (Å²) in [7, 11) is 0. The van der Waals surface area contributed by atoms with E-state index < -0.39 is 0 Å². The summed E-state index contributed by atoms with van der Waals surface area (Å²) in [5, 5.41) is 10.7. The standard InChI is InChI=1S/C14H13ClN4O/c1-2-19-8-9(7-17-19)6-16-13-3-10-4-14(20)18-12(10)5-11(13)15/h2-3,5,7-8,16H,1,4,6H2,(H,18,20). The van der Waals surface area contributed by atoms with Crippen molar-refractivity contribution in [3.8, 4) is 0 Å². The number of benzene rings is 1. The molecule has 1 aliphatic rings. The third kappa shape index (κ3) is 2.40. The van der Waals surface area contributed by atoms with Crippen molar-refractivity contribution in [3.05, 3.63) is 47.3 Å². The Kier molecular flexibility index (Phi) is 3.20. The van der Waals surface area contributed by atoms with E-state index in [1.165, 1.54) is 0 Å². The molecule has 1 aromatic heterocycles. The summed E-state index contributed by atoms with van der Waals surface area (Å²) in [4.78, 5) is 11.3. The average molecular weight is 289 g/mol. The van der Waals surface area contributed by atoms with Gasteiger partial charge >= 0.3 is 0 Å². The zero-order valence-electron chi connectivity index (χ0n) is 10.7. The molecule has 0 aliphatic carbocycles. The molecule has 2 heterocycles. The molecular formula is C14H13ClN4O. The third-order valence-corrected chi connectivity index (χ3v) is 3.46. The lowest BCUT2D eigenvalue weighted by atomic mass is 10.1. The van der Waals surface area contributed by atoms with Crippen LogP contribution in [-0.4, -0.2) is 15.7 Å². The molecule has 0 bridgehead atoms. The number of hydrogen-bond acceptors (Lipinski definition) is 3. The maximum absolute atomic E-state index is 11.3. The summed E-state index contributed by atoms with van der Waals surface area (Å²) in [6, 6.07) is 3.69. The van der Waals surface area contributed by atoms with Crippen molar-refractivity contribution in [3.63, 3.8) is 0 Å². The molecule has 0 spiro atoms. The van der Waals surface area contributed by atoms with Crippen molar-refractivity contribution in [1.82, 2.24) is 9.78 Å². The number of carbonyl (C=O) groups is 1. The first-order valence-electron chi connectivity index (χ1n) is 6.17. The smallest absolute Gasteiger partial charge is 0.228 e. The minimum atomic E-state index is 0.000441. The summed E-state index contributed by atoms with van der Waals surface area (Å²) in [6.45, 7) is 4.25. The number of carbonyl (C=O) groups excluding carboxylic acids is 1. The SMILES string of the molecule is C=Cn1cc(CNc2cc3c(cc2Cl)NC(=O)C3)cn1. The molecule has 1 amide bonds. The van der Waals surface area contributed by atoms with Crippen molar-refractivity contribution in [2.24, 2.45) is 0 Å². The van der Waals surface area contributed by atoms with Gasteiger partial charge in [0.2, 0.25) is 5.91 Å². The van der Waals surface area contributed by atoms with E-state index in [0.29, 0.717) is 18.0 Å². The first-order valence-corrected chi connectivity index (χ1v) is 6.55. The van der Waals surface area contributed by atoms with E-state index in [9.17, 15) is 4.79 Å². The Labute approximate surface area is 121 Å². The molecule has 3 rings (SSSR count). The van der Waals surface area contributed by atoms with Crippen LogP contribution in [0.15, 0.2) is 31.1 Å². The van der Waals surface area contributed by atoms with Gasteiger partial charge in [-0.05, 0) is 17.7 Å². The van der Waals surface area contributed by atoms with E-state index in [1.807, 2.05) is 12.3 Å². The predicted molar refractivity (Wildman–Crippen MR) is 79.7 cm³/mol. The van der Waals surface area contributed by atoms with Crippen LogP contribution in [0.25, 0.3) is 6.20 Å². The molecule has 6 heteroatoms. The number of fused-ring (bicyclic) bond motifs is 1. The highest BCUT2D eigenvalue weighted by Gasteiger charge is 2.19. The number of amides is 1. The second kappa shape index (κ2) is 5.02. The van der Waals surface area contributed by atoms with Gasteiger partial charge in [-0.1, -0.05) is 18.2 Å². The zero-order chi connectivity index (χ0) is 14.1. The quantitative estimate of drug-likeness (QED) is 0.909. The number of nitrogens with one attached hydrogen (secondary N) is 2. The summed E-state index contributed by atoms with van der Waals surface area (Å²) in [5.41, 5.74) is 3.60. The van der Waals surface area contributed by atoms with E-state index in [-0.39, 0.29) is 5.91 Å². The fourth-order valence-corrected chi connectivity index (χ4v) is 2.38. The third-order valence-electron chi connectivity index (χ3n) is 3.14. The Morgan fingerprint density at radius 2 is 2.40 bits per heavy atom. The van der Waals surface area contributed by atoms with E-state index in [1.54, 1.807) is 23.1 Å². The van der Waals surface area contributed by atoms with Crippen LogP contribution < -0.4 is 10.6 Å². The van der Waals surface area contributed by atoms with Crippen LogP contribution >= 0.6 is 11.6 Å². The molecule has 0 fully saturated rings. The molecule has 0 saturated carbocycles. The van der Waals surface area contributed by atoms with Gasteiger partial charge in [0.05, 0.1) is 23.3 Å². The highest BCUT2D eigenvalue weighted by atomic mass is 35.5. The lowest BCUT2D eigenvalue weighted by molar-refractivity contribution is -0.115. The fourth-order valence-electron chi connectivity index (χ4n) is 2.15. The van der Waals surface area contributed by atoms with Crippen LogP contribution in [0.2, 0.25) is 5.02 Å². The Morgan fingerprint density at radius 3 is 3.15 bits per heavy atom. The number of nitrogens with zero attached hydrogens (tertiary/aromatic N) is 2. The Hall–Kier alpha value is -2.27. The molecule has 1 aliphatic heterocycles. The Bertz CT molecular complexity index is 692. The summed E-state index contributed by atoms with van der Waals surface area (Å²) in [6.07, 6.45) is 5.67. The summed E-state index contributed by atoms with van der Waals surface area (Å²) >= 11 is 6.20. The minimum absolute atomic E-state index is 0.000441. The zero-order valence-corrected chi connectivity index (χ0v) is 11.4. The lowest BCUT2D eigenvalue weighted by Gasteiger charge is -2.09. The molecule has 20 heavy (non-hydrogen) atoms. The number of hydrogen-bond donors (Lipinski definition) is 2. The molecule has 5 nitrogen and oxygen atoms in total. The van der Waals surface area contributed by atoms with Crippen LogP contribution in [0.5, 0.6) is 0 Å². The van der Waals surface area contributed by atoms with E-state index in [4.69, 9.17) is 11.6 Å². The topological polar surface area (TPSA) is 59.0 Å². The van der Waals surface area contributed by atoms with Crippen molar-refractivity contribution in [1.29, 1.82) is 0 Å². The summed E-state index contributed by atoms with van der Waals surface area (Å²) < 4.78 is 1.64. The molecule has 0 unspecified atom stereocenters. The van der Waals surface area contributed by atoms with Crippen LogP contribution in [0.1, 0.15) is 11.1 Å². The average Bonchev–Trinajstić information content (AvgIpc) is 3.01. The van der Waals surface area contributed by atoms with Gasteiger partial charge in [-0.2, -0.15) is 5.10 Å². The summed E-state index contributed by atoms with van der Waals surface area (Å²) in [5.74, 6) is 0.000441. The molecule has 2 N–H and O–H groups in total. The van der Waals surface area contributed by atoms with Gasteiger partial charge in [0.1, 0.15) is 0 Å². The second-order valence-electron chi connectivity index (χ2n) is 4.58. The lowest BCUT2D eigenvalue weighted by Crippen LogP contribution is -2.03. The van der Waals surface area contributed by atoms with Crippen molar-refractivity contribution in [2.75, 3.05) is 10.6 Å². The monoisotopic (exact) mass is 288 g/mol. The maximum Gasteiger partial charge on any atom is 0.228 e. The highest BCUT2D eigenvalue weighted by Crippen LogP contribution is 2.33. The maximum atomic E-state index is 11.3. The largest absolute Gasteiger partial charge is 0.380 e. The first kappa shape index (κ1) is 12.7. The van der Waals surface area contributed by atoms with Crippen molar-refractivity contribution >= 4 is 35.1 Å². The number of aromatic nitrogens is 2. The second-order valence-corrected chi connectivity index (χ2v) is 4.99. The van der Waals surface area contributed by atoms with Crippen LogP contribution in [0.3, 0.4) is 0 Å². The van der Waals surface area contributed by atoms with Crippen LogP contribution in [-0.2, 0) is 17.8 Å². The first-order chi connectivity index (χ1) is 9.65. The van der Waals surface area contributed by atoms with Gasteiger partial charge in [-0.25, -0.2) is 4.68 Å². The number of rotatable bonds is 4. The molecule has 0 radical (unpaired) electrons. The van der Waals surface area contributed by atoms with Gasteiger partial charge < -0.3 is 10.6 Å². The van der Waals surface area contributed by atoms with Crippen LogP contribution in [0.4, 0.5) is 11.4 Å². The van der Waals surface area contributed by atoms with E-state index in [0.717, 1.165) is 22.5 Å². The van der Waals surface area contributed by atoms with Gasteiger partial charge in [0.25, 0.3) is 0 Å². The minimum Gasteiger partial charge on any atom is -0.380 e. The number of halogens is 1. The molecule has 1 aromatic carbocycles.